The van der Waals surface area contributed by atoms with Crippen molar-refractivity contribution in [3.63, 3.8) is 0 Å². The molecule has 64 heavy (non-hydrogen) atoms. The Morgan fingerprint density at radius 2 is 1.28 bits per heavy atom. The van der Waals surface area contributed by atoms with Gasteiger partial charge in [0.15, 0.2) is 18.9 Å². The molecule has 18 heteroatoms. The molecule has 9 rings (SSSR count). The van der Waals surface area contributed by atoms with Crippen molar-refractivity contribution in [1.29, 1.82) is 0 Å². The summed E-state index contributed by atoms with van der Waals surface area (Å²) in [4.78, 5) is 0. The van der Waals surface area contributed by atoms with Crippen LogP contribution in [0.4, 0.5) is 0 Å². The van der Waals surface area contributed by atoms with Gasteiger partial charge in [0, 0.05) is 5.92 Å². The minimum atomic E-state index is -1.67. The molecule has 9 fully saturated rings. The molecule has 4 saturated heterocycles. The monoisotopic (exact) mass is 917 g/mol. The van der Waals surface area contributed by atoms with Crippen molar-refractivity contribution in [2.24, 2.45) is 44.8 Å². The molecule has 0 aromatic heterocycles. The highest BCUT2D eigenvalue weighted by Crippen LogP contribution is 2.89. The van der Waals surface area contributed by atoms with E-state index in [4.69, 9.17) is 33.2 Å². The lowest BCUT2D eigenvalue weighted by molar-refractivity contribution is -0.360. The second-order valence-corrected chi connectivity index (χ2v) is 23.4. The highest BCUT2D eigenvalue weighted by molar-refractivity contribution is 5.33. The van der Waals surface area contributed by atoms with Gasteiger partial charge in [-0.3, -0.25) is 0 Å². The predicted molar refractivity (Wildman–Crippen MR) is 220 cm³/mol. The Labute approximate surface area is 375 Å². The fourth-order valence-electron chi connectivity index (χ4n) is 16.1. The Kier molecular flexibility index (Phi) is 12.2. The summed E-state index contributed by atoms with van der Waals surface area (Å²) in [6.07, 6.45) is -14.9. The van der Waals surface area contributed by atoms with E-state index < -0.39 is 127 Å². The first-order chi connectivity index (χ1) is 29.8. The van der Waals surface area contributed by atoms with Crippen LogP contribution >= 0.6 is 0 Å². The molecule has 0 radical (unpaired) electrons. The van der Waals surface area contributed by atoms with Crippen molar-refractivity contribution in [1.82, 2.24) is 0 Å². The predicted octanol–water partition coefficient (Wildman–Crippen LogP) is -0.813. The van der Waals surface area contributed by atoms with Crippen LogP contribution in [0.2, 0.25) is 0 Å². The maximum atomic E-state index is 12.3. The summed E-state index contributed by atoms with van der Waals surface area (Å²) in [6.45, 7) is 13.2. The van der Waals surface area contributed by atoms with Gasteiger partial charge in [-0.05, 0) is 117 Å². The van der Waals surface area contributed by atoms with E-state index >= 15 is 0 Å². The number of aliphatic hydroxyl groups is 11. The van der Waals surface area contributed by atoms with E-state index in [-0.39, 0.29) is 53.3 Å². The number of fused-ring (bicyclic) bond motifs is 2. The summed E-state index contributed by atoms with van der Waals surface area (Å²) < 4.78 is 44.1. The molecule has 2 spiro atoms. The van der Waals surface area contributed by atoms with Crippen molar-refractivity contribution >= 4 is 0 Å². The summed E-state index contributed by atoms with van der Waals surface area (Å²) in [5.74, 6) is -0.417. The minimum Gasteiger partial charge on any atom is -0.394 e. The fourth-order valence-corrected chi connectivity index (χ4v) is 16.1. The van der Waals surface area contributed by atoms with Gasteiger partial charge in [0.1, 0.15) is 61.0 Å². The fraction of sp³-hybridized carbons (Fsp3) is 1.00. The van der Waals surface area contributed by atoms with Crippen molar-refractivity contribution in [3.8, 4) is 0 Å². The van der Waals surface area contributed by atoms with Gasteiger partial charge in [0.25, 0.3) is 0 Å². The van der Waals surface area contributed by atoms with E-state index in [9.17, 15) is 56.2 Å². The van der Waals surface area contributed by atoms with Gasteiger partial charge < -0.3 is 89.3 Å². The normalized spacial score (nSPS) is 58.2. The van der Waals surface area contributed by atoms with Crippen molar-refractivity contribution in [3.05, 3.63) is 0 Å². The molecule has 5 aliphatic carbocycles. The van der Waals surface area contributed by atoms with Crippen LogP contribution in [0.1, 0.15) is 106 Å². The largest absolute Gasteiger partial charge is 0.394 e. The molecule has 4 heterocycles. The number of rotatable bonds is 9. The summed E-state index contributed by atoms with van der Waals surface area (Å²) in [7, 11) is 0. The van der Waals surface area contributed by atoms with E-state index in [1.165, 1.54) is 0 Å². The molecule has 368 valence electrons. The Morgan fingerprint density at radius 3 is 1.94 bits per heavy atom. The molecule has 0 aromatic carbocycles. The Balaban J connectivity index is 1.04. The maximum absolute atomic E-state index is 12.3. The van der Waals surface area contributed by atoms with Gasteiger partial charge >= 0.3 is 0 Å². The van der Waals surface area contributed by atoms with Crippen molar-refractivity contribution < 1.29 is 89.3 Å². The molecular weight excluding hydrogens is 840 g/mol. The first kappa shape index (κ1) is 48.3. The third kappa shape index (κ3) is 7.01. The van der Waals surface area contributed by atoms with Crippen LogP contribution < -0.4 is 0 Å². The average Bonchev–Trinajstić information content (AvgIpc) is 3.59. The summed E-state index contributed by atoms with van der Waals surface area (Å²) in [5, 5.41) is 119. The molecule has 9 aliphatic rings. The van der Waals surface area contributed by atoms with Crippen molar-refractivity contribution in [2.75, 3.05) is 19.8 Å². The van der Waals surface area contributed by atoms with E-state index in [1.54, 1.807) is 13.8 Å². The van der Waals surface area contributed by atoms with Gasteiger partial charge in [-0.15, -0.1) is 0 Å². The Bertz CT molecular complexity index is 1710. The quantitative estimate of drug-likeness (QED) is 0.126. The van der Waals surface area contributed by atoms with Crippen LogP contribution in [0.25, 0.3) is 0 Å². The van der Waals surface area contributed by atoms with E-state index in [1.807, 2.05) is 0 Å². The zero-order chi connectivity index (χ0) is 46.5. The zero-order valence-corrected chi connectivity index (χ0v) is 38.3. The SMILES string of the molecule is CC(C)(O)[C@@H]1CC[C@](C)([C@H]2[C@@H](O)C[C@@]3(C)C4C[C@H](O[C@@H]5OC(CO)[C@@H](O)C(O)[C@@H]5O)C5C(C)(C)[C@@H](O[C@@H]6OC[C@@H](O)C(O)[C@@H]6O[C@@H]6OC[C@H](O)C(O)[C@@H]6O)CC[C@@]56C[C@@]46CC[C@]23C)O1. The first-order valence-corrected chi connectivity index (χ1v) is 23.8. The van der Waals surface area contributed by atoms with Crippen LogP contribution in [0.5, 0.6) is 0 Å². The van der Waals surface area contributed by atoms with Crippen LogP contribution in [-0.2, 0) is 33.2 Å². The molecule has 0 bridgehead atoms. The smallest absolute Gasteiger partial charge is 0.186 e. The highest BCUT2D eigenvalue weighted by Gasteiger charge is 2.85. The minimum absolute atomic E-state index is 0.0415. The second-order valence-electron chi connectivity index (χ2n) is 23.4. The van der Waals surface area contributed by atoms with Crippen LogP contribution in [0.15, 0.2) is 0 Å². The number of ether oxygens (including phenoxy) is 7. The molecule has 5 saturated carbocycles. The maximum Gasteiger partial charge on any atom is 0.186 e. The molecule has 4 aliphatic heterocycles. The lowest BCUT2D eigenvalue weighted by Gasteiger charge is -2.65. The van der Waals surface area contributed by atoms with Crippen LogP contribution in [0.3, 0.4) is 0 Å². The first-order valence-electron chi connectivity index (χ1n) is 23.8. The Morgan fingerprint density at radius 1 is 0.625 bits per heavy atom. The Hall–Kier alpha value is -0.720. The van der Waals surface area contributed by atoms with Gasteiger partial charge in [0.2, 0.25) is 0 Å². The lowest BCUT2D eigenvalue weighted by Crippen LogP contribution is -2.65. The van der Waals surface area contributed by atoms with Crippen LogP contribution in [-0.4, -0.2) is 192 Å². The van der Waals surface area contributed by atoms with Crippen LogP contribution in [0, 0.1) is 44.8 Å². The molecule has 18 nitrogen and oxygen atoms in total. The van der Waals surface area contributed by atoms with Gasteiger partial charge in [0.05, 0.1) is 55.4 Å². The summed E-state index contributed by atoms with van der Waals surface area (Å²) in [6, 6.07) is 0. The number of hydrogen-bond acceptors (Lipinski definition) is 18. The number of aliphatic hydroxyl groups excluding tert-OH is 10. The average molecular weight is 917 g/mol. The third-order valence-corrected chi connectivity index (χ3v) is 19.3. The van der Waals surface area contributed by atoms with Gasteiger partial charge in [-0.25, -0.2) is 0 Å². The highest BCUT2D eigenvalue weighted by atomic mass is 16.8. The molecule has 0 aromatic rings. The topological polar surface area (TPSA) is 287 Å². The lowest BCUT2D eigenvalue weighted by atomic mass is 9.41. The van der Waals surface area contributed by atoms with E-state index in [0.29, 0.717) is 38.5 Å². The van der Waals surface area contributed by atoms with E-state index in [2.05, 4.69) is 34.6 Å². The molecule has 25 atom stereocenters. The third-order valence-electron chi connectivity index (χ3n) is 19.3. The molecule has 11 N–H and O–H groups in total. The summed E-state index contributed by atoms with van der Waals surface area (Å²) >= 11 is 0. The standard InChI is InChI=1S/C46H76O18/c1-40(2)26(62-39-34(29(52)22(50)18-59-39)63-37-32(55)28(51)21(49)17-58-37)9-11-46-19-45(46)13-12-42(5)35(44(7)10-8-27(64-44)41(3,4)57)20(48)15-43(42,6)25(45)14-23(36(40)46)60-38-33(56)31(54)30(53)24(16-47)61-38/h20-39,47-57H,8-19H2,1-7H3/t20-,21-,22+,23-,24?,25?,26-,27-,28?,29?,30+,31?,32-,33-,34-,35-,36?,37-,38+,39-,42+,43-,44+,45-,46+/m0/s1. The van der Waals surface area contributed by atoms with E-state index in [0.717, 1.165) is 19.3 Å². The summed E-state index contributed by atoms with van der Waals surface area (Å²) in [5.41, 5.74) is -3.63. The zero-order valence-electron chi connectivity index (χ0n) is 38.3. The molecule has 6 unspecified atom stereocenters. The van der Waals surface area contributed by atoms with Crippen molar-refractivity contribution in [2.45, 2.75) is 222 Å². The van der Waals surface area contributed by atoms with Gasteiger partial charge in [-0.1, -0.05) is 27.7 Å². The number of hydrogen-bond donors (Lipinski definition) is 11. The second kappa shape index (κ2) is 16.2. The van der Waals surface area contributed by atoms with Gasteiger partial charge in [-0.2, -0.15) is 0 Å². The molecule has 0 amide bonds. The molecular formula is C46H76O18.